The molecule has 3 nitrogen and oxygen atoms in total. The largest absolute Gasteiger partial charge is 0.593 e. The van der Waals surface area contributed by atoms with Gasteiger partial charge in [0.15, 0.2) is 4.90 Å². The van der Waals surface area contributed by atoms with Gasteiger partial charge in [-0.1, -0.05) is 17.7 Å². The van der Waals surface area contributed by atoms with E-state index in [1.807, 2.05) is 24.3 Å². The summed E-state index contributed by atoms with van der Waals surface area (Å²) < 4.78 is 14.8. The number of benzene rings is 1. The van der Waals surface area contributed by atoms with Crippen molar-refractivity contribution in [3.05, 3.63) is 29.8 Å². The van der Waals surface area contributed by atoms with E-state index in [0.717, 1.165) is 18.0 Å². The van der Waals surface area contributed by atoms with Gasteiger partial charge in [0.05, 0.1) is 23.4 Å². The first-order valence-corrected chi connectivity index (χ1v) is 7.34. The van der Waals surface area contributed by atoms with Crippen LogP contribution in [0, 0.1) is 6.92 Å². The minimum absolute atomic E-state index is 0.455. The van der Waals surface area contributed by atoms with Crippen LogP contribution in [0.1, 0.15) is 18.4 Å². The van der Waals surface area contributed by atoms with Gasteiger partial charge in [0.1, 0.15) is 0 Å². The first-order chi connectivity index (χ1) is 8.25. The van der Waals surface area contributed by atoms with Crippen LogP contribution in [0.2, 0.25) is 0 Å². The van der Waals surface area contributed by atoms with E-state index in [1.54, 1.807) is 0 Å². The molecule has 1 aromatic rings. The van der Waals surface area contributed by atoms with Gasteiger partial charge in [-0.15, -0.1) is 4.31 Å². The second kappa shape index (κ2) is 4.61. The fourth-order valence-electron chi connectivity index (χ4n) is 2.79. The third-order valence-corrected chi connectivity index (χ3v) is 5.38. The van der Waals surface area contributed by atoms with Gasteiger partial charge in [0.2, 0.25) is 0 Å². The smallest absolute Gasteiger partial charge is 0.174 e. The Morgan fingerprint density at radius 1 is 1.18 bits per heavy atom. The highest BCUT2D eigenvalue weighted by molar-refractivity contribution is 7.89. The third-order valence-electron chi connectivity index (χ3n) is 3.73. The van der Waals surface area contributed by atoms with Crippen molar-refractivity contribution in [2.45, 2.75) is 36.7 Å². The van der Waals surface area contributed by atoms with Crippen molar-refractivity contribution >= 4 is 11.4 Å². The van der Waals surface area contributed by atoms with Crippen molar-refractivity contribution in [1.82, 2.24) is 9.62 Å². The topological polar surface area (TPSA) is 38.3 Å². The van der Waals surface area contributed by atoms with Crippen LogP contribution in [0.5, 0.6) is 0 Å². The van der Waals surface area contributed by atoms with Crippen molar-refractivity contribution in [2.75, 3.05) is 13.1 Å². The molecule has 0 saturated carbocycles. The summed E-state index contributed by atoms with van der Waals surface area (Å²) in [5.74, 6) is 0. The minimum Gasteiger partial charge on any atom is -0.593 e. The average molecular weight is 250 g/mol. The highest BCUT2D eigenvalue weighted by Gasteiger charge is 2.44. The van der Waals surface area contributed by atoms with Gasteiger partial charge in [0, 0.05) is 13.1 Å². The summed E-state index contributed by atoms with van der Waals surface area (Å²) in [6, 6.07) is 8.97. The third kappa shape index (κ3) is 2.10. The molecule has 1 aromatic carbocycles. The quantitative estimate of drug-likeness (QED) is 0.808. The van der Waals surface area contributed by atoms with E-state index in [0.29, 0.717) is 12.1 Å². The summed E-state index contributed by atoms with van der Waals surface area (Å²) >= 11 is -0.982. The van der Waals surface area contributed by atoms with Gasteiger partial charge < -0.3 is 9.87 Å². The molecule has 1 N–H and O–H groups in total. The summed E-state index contributed by atoms with van der Waals surface area (Å²) in [4.78, 5) is 0.939. The average Bonchev–Trinajstić information content (AvgIpc) is 2.59. The highest BCUT2D eigenvalue weighted by atomic mass is 32.2. The zero-order valence-corrected chi connectivity index (χ0v) is 10.9. The van der Waals surface area contributed by atoms with E-state index in [1.165, 1.54) is 18.4 Å². The fourth-order valence-corrected chi connectivity index (χ4v) is 4.30. The Morgan fingerprint density at radius 2 is 1.76 bits per heavy atom. The van der Waals surface area contributed by atoms with Crippen molar-refractivity contribution in [1.29, 1.82) is 0 Å². The number of fused-ring (bicyclic) bond motifs is 2. The SMILES string of the molecule is Cc1ccc([S+]([O-])N2C3CC[C@@H]2CNC3)cc1. The fraction of sp³-hybridized carbons (Fsp3) is 0.538. The molecule has 0 aliphatic carbocycles. The van der Waals surface area contributed by atoms with Crippen LogP contribution >= 0.6 is 0 Å². The molecule has 0 amide bonds. The Labute approximate surface area is 106 Å². The van der Waals surface area contributed by atoms with Gasteiger partial charge >= 0.3 is 0 Å². The molecule has 2 heterocycles. The molecule has 0 aromatic heterocycles. The van der Waals surface area contributed by atoms with Crippen LogP contribution in [0.25, 0.3) is 0 Å². The van der Waals surface area contributed by atoms with Crippen molar-refractivity contribution in [3.8, 4) is 0 Å². The van der Waals surface area contributed by atoms with Gasteiger partial charge in [-0.3, -0.25) is 0 Å². The van der Waals surface area contributed by atoms with E-state index in [2.05, 4.69) is 16.5 Å². The summed E-state index contributed by atoms with van der Waals surface area (Å²) in [6.07, 6.45) is 2.35. The second-order valence-corrected chi connectivity index (χ2v) is 6.36. The van der Waals surface area contributed by atoms with Gasteiger partial charge in [-0.2, -0.15) is 0 Å². The van der Waals surface area contributed by atoms with Crippen molar-refractivity contribution in [2.24, 2.45) is 0 Å². The van der Waals surface area contributed by atoms with E-state index < -0.39 is 11.4 Å². The molecule has 2 saturated heterocycles. The molecule has 2 fully saturated rings. The molecule has 2 unspecified atom stereocenters. The normalized spacial score (nSPS) is 30.5. The lowest BCUT2D eigenvalue weighted by Gasteiger charge is -2.34. The molecule has 3 atom stereocenters. The predicted molar refractivity (Wildman–Crippen MR) is 69.1 cm³/mol. The Bertz CT molecular complexity index is 379. The summed E-state index contributed by atoms with van der Waals surface area (Å²) in [7, 11) is 0. The molecule has 2 bridgehead atoms. The lowest BCUT2D eigenvalue weighted by atomic mass is 10.2. The predicted octanol–water partition coefficient (Wildman–Crippen LogP) is 1.45. The zero-order valence-electron chi connectivity index (χ0n) is 10.1. The molecule has 2 aliphatic heterocycles. The number of hydrogen-bond donors (Lipinski definition) is 1. The number of aryl methyl sites for hydroxylation is 1. The first kappa shape index (κ1) is 11.5. The van der Waals surface area contributed by atoms with Crippen LogP contribution in [-0.4, -0.2) is 34.0 Å². The lowest BCUT2D eigenvalue weighted by Crippen LogP contribution is -2.53. The maximum Gasteiger partial charge on any atom is 0.174 e. The highest BCUT2D eigenvalue weighted by Crippen LogP contribution is 2.32. The summed E-state index contributed by atoms with van der Waals surface area (Å²) in [6.45, 7) is 4.02. The molecule has 3 rings (SSSR count). The molecule has 92 valence electrons. The van der Waals surface area contributed by atoms with E-state index in [-0.39, 0.29) is 0 Å². The van der Waals surface area contributed by atoms with Gasteiger partial charge in [0.25, 0.3) is 0 Å². The van der Waals surface area contributed by atoms with Crippen molar-refractivity contribution < 1.29 is 4.55 Å². The van der Waals surface area contributed by atoms with Crippen LogP contribution in [0.4, 0.5) is 0 Å². The minimum atomic E-state index is -0.982. The standard InChI is InChI=1S/C13H18N2OS/c1-10-2-6-13(7-3-10)17(16)15-11-4-5-12(15)9-14-8-11/h2-3,6-7,11-12,14H,4-5,8-9H2,1H3/t11-,12?,17?/m1/s1. The zero-order chi connectivity index (χ0) is 11.8. The summed E-state index contributed by atoms with van der Waals surface area (Å²) in [5.41, 5.74) is 1.22. The Hall–Kier alpha value is -0.550. The first-order valence-electron chi connectivity index (χ1n) is 6.23. The lowest BCUT2D eigenvalue weighted by molar-refractivity contribution is 0.263. The molecule has 17 heavy (non-hydrogen) atoms. The Balaban J connectivity index is 1.82. The maximum atomic E-state index is 12.6. The van der Waals surface area contributed by atoms with Crippen LogP contribution in [-0.2, 0) is 11.4 Å². The number of nitrogens with zero attached hydrogens (tertiary/aromatic N) is 1. The van der Waals surface area contributed by atoms with Gasteiger partial charge in [-0.05, 0) is 31.9 Å². The second-order valence-electron chi connectivity index (χ2n) is 4.97. The van der Waals surface area contributed by atoms with E-state index in [9.17, 15) is 4.55 Å². The van der Waals surface area contributed by atoms with Crippen LogP contribution in [0.15, 0.2) is 29.2 Å². The molecule has 0 radical (unpaired) electrons. The van der Waals surface area contributed by atoms with E-state index >= 15 is 0 Å². The van der Waals surface area contributed by atoms with Crippen LogP contribution in [0.3, 0.4) is 0 Å². The molecule has 2 aliphatic rings. The van der Waals surface area contributed by atoms with Gasteiger partial charge in [-0.25, -0.2) is 0 Å². The monoisotopic (exact) mass is 250 g/mol. The number of hydrogen-bond acceptors (Lipinski definition) is 3. The molecular formula is C13H18N2OS. The number of rotatable bonds is 2. The van der Waals surface area contributed by atoms with E-state index in [4.69, 9.17) is 0 Å². The Morgan fingerprint density at radius 3 is 2.35 bits per heavy atom. The maximum absolute atomic E-state index is 12.6. The molecule has 4 heteroatoms. The number of piperazine rings is 1. The Kier molecular flexibility index (Phi) is 3.13. The molecule has 0 spiro atoms. The number of nitrogens with one attached hydrogen (secondary N) is 1. The summed E-state index contributed by atoms with van der Waals surface area (Å²) in [5, 5.41) is 3.42. The van der Waals surface area contributed by atoms with Crippen LogP contribution < -0.4 is 5.32 Å². The molecular weight excluding hydrogens is 232 g/mol. The van der Waals surface area contributed by atoms with Crippen molar-refractivity contribution in [3.63, 3.8) is 0 Å².